The van der Waals surface area contributed by atoms with Gasteiger partial charge in [-0.25, -0.2) is 0 Å². The van der Waals surface area contributed by atoms with Crippen molar-refractivity contribution >= 4 is 15.9 Å². The van der Waals surface area contributed by atoms with Gasteiger partial charge in [0.2, 0.25) is 0 Å². The van der Waals surface area contributed by atoms with Crippen LogP contribution in [0, 0.1) is 23.7 Å². The fraction of sp³-hybridized carbons (Fsp3) is 0.647. The van der Waals surface area contributed by atoms with Crippen LogP contribution in [0.4, 0.5) is 0 Å². The molecule has 102 valence electrons. The first-order valence-electron chi connectivity index (χ1n) is 7.61. The molecule has 0 unspecified atom stereocenters. The lowest BCUT2D eigenvalue weighted by molar-refractivity contribution is -0.171. The van der Waals surface area contributed by atoms with Gasteiger partial charge in [0.25, 0.3) is 0 Å². The second-order valence-corrected chi connectivity index (χ2v) is 7.92. The van der Waals surface area contributed by atoms with E-state index >= 15 is 0 Å². The Labute approximate surface area is 123 Å². The standard InChI is InChI=1S/C17H21BrO/c18-16-4-2-1-3-13(16)10-17(19)14-6-11-5-12(8-14)9-15(17)7-11/h1-4,11-12,14-15,19H,5-10H2. The van der Waals surface area contributed by atoms with Gasteiger partial charge in [-0.2, -0.15) is 0 Å². The van der Waals surface area contributed by atoms with Gasteiger partial charge in [-0.3, -0.25) is 0 Å². The van der Waals surface area contributed by atoms with Gasteiger partial charge in [0.05, 0.1) is 5.60 Å². The van der Waals surface area contributed by atoms with Crippen LogP contribution in [0.1, 0.15) is 37.7 Å². The third-order valence-corrected chi connectivity index (χ3v) is 6.76. The molecule has 4 bridgehead atoms. The van der Waals surface area contributed by atoms with E-state index in [0.29, 0.717) is 11.8 Å². The van der Waals surface area contributed by atoms with Gasteiger partial charge in [-0.05, 0) is 67.4 Å². The number of halogens is 1. The molecule has 4 aliphatic carbocycles. The summed E-state index contributed by atoms with van der Waals surface area (Å²) in [4.78, 5) is 0. The molecule has 19 heavy (non-hydrogen) atoms. The predicted molar refractivity (Wildman–Crippen MR) is 79.8 cm³/mol. The molecule has 5 rings (SSSR count). The molecular weight excluding hydrogens is 300 g/mol. The van der Waals surface area contributed by atoms with Crippen molar-refractivity contribution in [1.82, 2.24) is 0 Å². The smallest absolute Gasteiger partial charge is 0.0744 e. The zero-order valence-electron chi connectivity index (χ0n) is 11.2. The summed E-state index contributed by atoms with van der Waals surface area (Å²) in [6.07, 6.45) is 7.37. The average Bonchev–Trinajstić information content (AvgIpc) is 2.38. The lowest BCUT2D eigenvalue weighted by Crippen LogP contribution is -2.58. The predicted octanol–water partition coefficient (Wildman–Crippen LogP) is 4.18. The molecule has 4 aliphatic rings. The van der Waals surface area contributed by atoms with Gasteiger partial charge >= 0.3 is 0 Å². The minimum Gasteiger partial charge on any atom is -0.389 e. The Morgan fingerprint density at radius 1 is 1.00 bits per heavy atom. The fourth-order valence-corrected chi connectivity index (χ4v) is 5.66. The molecule has 4 fully saturated rings. The van der Waals surface area contributed by atoms with E-state index in [4.69, 9.17) is 0 Å². The van der Waals surface area contributed by atoms with E-state index in [1.54, 1.807) is 0 Å². The third kappa shape index (κ3) is 1.91. The van der Waals surface area contributed by atoms with E-state index in [2.05, 4.69) is 40.2 Å². The molecule has 0 radical (unpaired) electrons. The molecule has 2 heteroatoms. The van der Waals surface area contributed by atoms with E-state index in [-0.39, 0.29) is 0 Å². The van der Waals surface area contributed by atoms with Crippen molar-refractivity contribution in [3.05, 3.63) is 34.3 Å². The summed E-state index contributed by atoms with van der Waals surface area (Å²) >= 11 is 3.64. The number of hydrogen-bond donors (Lipinski definition) is 1. The zero-order chi connectivity index (χ0) is 13.0. The minimum absolute atomic E-state index is 0.433. The zero-order valence-corrected chi connectivity index (χ0v) is 12.8. The second kappa shape index (κ2) is 4.33. The van der Waals surface area contributed by atoms with E-state index in [1.165, 1.54) is 37.7 Å². The Morgan fingerprint density at radius 2 is 1.58 bits per heavy atom. The van der Waals surface area contributed by atoms with Crippen LogP contribution < -0.4 is 0 Å². The van der Waals surface area contributed by atoms with Crippen molar-refractivity contribution in [2.75, 3.05) is 0 Å². The summed E-state index contributed by atoms with van der Waals surface area (Å²) in [5.41, 5.74) is 0.842. The van der Waals surface area contributed by atoms with Crippen LogP contribution in [0.5, 0.6) is 0 Å². The van der Waals surface area contributed by atoms with Gasteiger partial charge in [-0.1, -0.05) is 34.1 Å². The van der Waals surface area contributed by atoms with Crippen LogP contribution in [0.2, 0.25) is 0 Å². The van der Waals surface area contributed by atoms with Crippen molar-refractivity contribution in [2.24, 2.45) is 23.7 Å². The van der Waals surface area contributed by atoms with Gasteiger partial charge in [-0.15, -0.1) is 0 Å². The lowest BCUT2D eigenvalue weighted by Gasteiger charge is -2.59. The monoisotopic (exact) mass is 320 g/mol. The van der Waals surface area contributed by atoms with Crippen molar-refractivity contribution in [3.8, 4) is 0 Å². The van der Waals surface area contributed by atoms with Crippen LogP contribution in [0.25, 0.3) is 0 Å². The molecule has 0 heterocycles. The first kappa shape index (κ1) is 12.4. The minimum atomic E-state index is -0.433. The van der Waals surface area contributed by atoms with Crippen LogP contribution in [-0.4, -0.2) is 10.7 Å². The van der Waals surface area contributed by atoms with Crippen LogP contribution in [-0.2, 0) is 6.42 Å². The van der Waals surface area contributed by atoms with Gasteiger partial charge in [0.1, 0.15) is 0 Å². The van der Waals surface area contributed by atoms with Crippen LogP contribution in [0.3, 0.4) is 0 Å². The SMILES string of the molecule is OC1(Cc2ccccc2Br)C2CC3CC(C2)CC1C3. The number of rotatable bonds is 2. The number of benzene rings is 1. The van der Waals surface area contributed by atoms with Crippen molar-refractivity contribution < 1.29 is 5.11 Å². The van der Waals surface area contributed by atoms with Crippen molar-refractivity contribution in [3.63, 3.8) is 0 Å². The number of hydrogen-bond acceptors (Lipinski definition) is 1. The molecule has 0 amide bonds. The molecule has 4 saturated carbocycles. The van der Waals surface area contributed by atoms with Gasteiger partial charge < -0.3 is 5.11 Å². The molecule has 0 atom stereocenters. The fourth-order valence-electron chi connectivity index (χ4n) is 5.24. The molecule has 0 saturated heterocycles. The topological polar surface area (TPSA) is 20.2 Å². The summed E-state index contributed by atoms with van der Waals surface area (Å²) in [5.74, 6) is 2.94. The first-order valence-corrected chi connectivity index (χ1v) is 8.40. The Morgan fingerprint density at radius 3 is 2.16 bits per heavy atom. The summed E-state index contributed by atoms with van der Waals surface area (Å²) in [6, 6.07) is 8.38. The van der Waals surface area contributed by atoms with Gasteiger partial charge in [0, 0.05) is 10.9 Å². The Balaban J connectivity index is 1.65. The maximum Gasteiger partial charge on any atom is 0.0744 e. The summed E-state index contributed by atoms with van der Waals surface area (Å²) in [7, 11) is 0. The van der Waals surface area contributed by atoms with Crippen molar-refractivity contribution in [2.45, 2.75) is 44.1 Å². The Kier molecular flexibility index (Phi) is 2.82. The quantitative estimate of drug-likeness (QED) is 0.866. The highest BCUT2D eigenvalue weighted by Gasteiger charge is 2.56. The molecule has 1 N–H and O–H groups in total. The number of aliphatic hydroxyl groups is 1. The van der Waals surface area contributed by atoms with Gasteiger partial charge in [0.15, 0.2) is 0 Å². The normalized spacial score (nSPS) is 43.7. The summed E-state index contributed by atoms with van der Waals surface area (Å²) < 4.78 is 1.15. The molecular formula is C17H21BrO. The highest BCUT2D eigenvalue weighted by molar-refractivity contribution is 9.10. The molecule has 1 nitrogen and oxygen atoms in total. The highest BCUT2D eigenvalue weighted by Crippen LogP contribution is 2.59. The van der Waals surface area contributed by atoms with E-state index in [0.717, 1.165) is 22.7 Å². The summed E-state index contributed by atoms with van der Waals surface area (Å²) in [6.45, 7) is 0. The molecule has 1 aromatic rings. The third-order valence-electron chi connectivity index (χ3n) is 5.98. The Bertz CT molecular complexity index is 468. The molecule has 0 spiro atoms. The average molecular weight is 321 g/mol. The van der Waals surface area contributed by atoms with E-state index < -0.39 is 5.60 Å². The summed E-state index contributed by atoms with van der Waals surface area (Å²) in [5, 5.41) is 11.3. The van der Waals surface area contributed by atoms with E-state index in [9.17, 15) is 5.11 Å². The van der Waals surface area contributed by atoms with E-state index in [1.807, 2.05) is 0 Å². The Hall–Kier alpha value is -0.340. The molecule has 0 aliphatic heterocycles. The first-order chi connectivity index (χ1) is 9.15. The largest absolute Gasteiger partial charge is 0.389 e. The van der Waals surface area contributed by atoms with Crippen molar-refractivity contribution in [1.29, 1.82) is 0 Å². The van der Waals surface area contributed by atoms with Crippen LogP contribution in [0.15, 0.2) is 28.7 Å². The molecule has 0 aromatic heterocycles. The van der Waals surface area contributed by atoms with Crippen LogP contribution >= 0.6 is 15.9 Å². The second-order valence-electron chi connectivity index (χ2n) is 7.06. The molecule has 1 aromatic carbocycles. The highest BCUT2D eigenvalue weighted by atomic mass is 79.9. The maximum absolute atomic E-state index is 11.3. The lowest BCUT2D eigenvalue weighted by atomic mass is 9.49. The maximum atomic E-state index is 11.3.